The Morgan fingerprint density at radius 3 is 2.50 bits per heavy atom. The SMILES string of the molecule is Cc1ccc(C(=O)Nc2cc(CO)ccc2C)cc1F. The first-order valence-electron chi connectivity index (χ1n) is 6.29. The second kappa shape index (κ2) is 5.84. The van der Waals surface area contributed by atoms with Crippen molar-refractivity contribution >= 4 is 11.6 Å². The maximum absolute atomic E-state index is 13.5. The number of carbonyl (C=O) groups excluding carboxylic acids is 1. The highest BCUT2D eigenvalue weighted by atomic mass is 19.1. The molecule has 0 spiro atoms. The summed E-state index contributed by atoms with van der Waals surface area (Å²) in [5.41, 5.74) is 2.97. The zero-order chi connectivity index (χ0) is 14.7. The van der Waals surface area contributed by atoms with Crippen LogP contribution >= 0.6 is 0 Å². The molecule has 0 aliphatic rings. The van der Waals surface area contributed by atoms with Crippen molar-refractivity contribution in [1.29, 1.82) is 0 Å². The van der Waals surface area contributed by atoms with Gasteiger partial charge in [-0.25, -0.2) is 4.39 Å². The third kappa shape index (κ3) is 3.03. The van der Waals surface area contributed by atoms with Gasteiger partial charge in [0.1, 0.15) is 5.82 Å². The lowest BCUT2D eigenvalue weighted by atomic mass is 10.1. The van der Waals surface area contributed by atoms with Gasteiger partial charge in [-0.05, 0) is 48.7 Å². The minimum atomic E-state index is -0.404. The average molecular weight is 273 g/mol. The first kappa shape index (κ1) is 14.2. The number of amides is 1. The fourth-order valence-electron chi connectivity index (χ4n) is 1.83. The zero-order valence-electron chi connectivity index (χ0n) is 11.4. The molecular weight excluding hydrogens is 257 g/mol. The topological polar surface area (TPSA) is 49.3 Å². The largest absolute Gasteiger partial charge is 0.392 e. The number of anilines is 1. The van der Waals surface area contributed by atoms with Gasteiger partial charge >= 0.3 is 0 Å². The molecule has 3 nitrogen and oxygen atoms in total. The molecular formula is C16H16FNO2. The fourth-order valence-corrected chi connectivity index (χ4v) is 1.83. The quantitative estimate of drug-likeness (QED) is 0.902. The van der Waals surface area contributed by atoms with Crippen LogP contribution in [0.3, 0.4) is 0 Å². The van der Waals surface area contributed by atoms with Gasteiger partial charge in [0.25, 0.3) is 5.91 Å². The summed E-state index contributed by atoms with van der Waals surface area (Å²) < 4.78 is 13.5. The van der Waals surface area contributed by atoms with Gasteiger partial charge in [0.05, 0.1) is 6.61 Å². The van der Waals surface area contributed by atoms with E-state index in [1.165, 1.54) is 6.07 Å². The molecule has 0 bridgehead atoms. The fraction of sp³-hybridized carbons (Fsp3) is 0.188. The van der Waals surface area contributed by atoms with Crippen molar-refractivity contribution in [1.82, 2.24) is 0 Å². The summed E-state index contributed by atoms with van der Waals surface area (Å²) in [7, 11) is 0. The molecule has 0 fully saturated rings. The molecule has 0 atom stereocenters. The molecule has 2 rings (SSSR count). The molecule has 0 saturated carbocycles. The first-order valence-corrected chi connectivity index (χ1v) is 6.29. The van der Waals surface area contributed by atoms with Gasteiger partial charge in [-0.15, -0.1) is 0 Å². The molecule has 0 heterocycles. The zero-order valence-corrected chi connectivity index (χ0v) is 11.4. The molecule has 0 unspecified atom stereocenters. The van der Waals surface area contributed by atoms with Gasteiger partial charge in [0.15, 0.2) is 0 Å². The number of hydrogen-bond donors (Lipinski definition) is 2. The molecule has 4 heteroatoms. The van der Waals surface area contributed by atoms with Crippen molar-refractivity contribution in [2.24, 2.45) is 0 Å². The van der Waals surface area contributed by atoms with Gasteiger partial charge in [-0.2, -0.15) is 0 Å². The average Bonchev–Trinajstić information content (AvgIpc) is 2.44. The smallest absolute Gasteiger partial charge is 0.255 e. The molecule has 104 valence electrons. The van der Waals surface area contributed by atoms with Gasteiger partial charge < -0.3 is 10.4 Å². The number of aliphatic hydroxyl groups is 1. The van der Waals surface area contributed by atoms with E-state index < -0.39 is 5.82 Å². The molecule has 2 aromatic rings. The summed E-state index contributed by atoms with van der Waals surface area (Å²) in [5.74, 6) is -0.777. The monoisotopic (exact) mass is 273 g/mol. The molecule has 0 radical (unpaired) electrons. The predicted octanol–water partition coefficient (Wildman–Crippen LogP) is 3.19. The molecule has 20 heavy (non-hydrogen) atoms. The van der Waals surface area contributed by atoms with E-state index in [0.29, 0.717) is 16.8 Å². The van der Waals surface area contributed by atoms with Crippen molar-refractivity contribution < 1.29 is 14.3 Å². The highest BCUT2D eigenvalue weighted by Crippen LogP contribution is 2.18. The van der Waals surface area contributed by atoms with Crippen LogP contribution in [-0.2, 0) is 6.61 Å². The predicted molar refractivity (Wildman–Crippen MR) is 76.2 cm³/mol. The molecule has 0 saturated heterocycles. The lowest BCUT2D eigenvalue weighted by Gasteiger charge is -2.10. The van der Waals surface area contributed by atoms with Crippen LogP contribution in [0, 0.1) is 19.7 Å². The highest BCUT2D eigenvalue weighted by Gasteiger charge is 2.10. The Morgan fingerprint density at radius 2 is 1.85 bits per heavy atom. The summed E-state index contributed by atoms with van der Waals surface area (Å²) in [6.07, 6.45) is 0. The summed E-state index contributed by atoms with van der Waals surface area (Å²) in [5, 5.41) is 11.8. The Morgan fingerprint density at radius 1 is 1.15 bits per heavy atom. The van der Waals surface area contributed by atoms with E-state index in [1.807, 2.05) is 13.0 Å². The third-order valence-corrected chi connectivity index (χ3v) is 3.17. The second-order valence-corrected chi connectivity index (χ2v) is 4.73. The Kier molecular flexibility index (Phi) is 4.15. The number of hydrogen-bond acceptors (Lipinski definition) is 2. The summed E-state index contributed by atoms with van der Waals surface area (Å²) in [6, 6.07) is 9.68. The van der Waals surface area contributed by atoms with Gasteiger partial charge in [0.2, 0.25) is 0 Å². The number of halogens is 1. The number of aryl methyl sites for hydroxylation is 2. The van der Waals surface area contributed by atoms with Gasteiger partial charge in [-0.3, -0.25) is 4.79 Å². The summed E-state index contributed by atoms with van der Waals surface area (Å²) in [4.78, 5) is 12.1. The standard InChI is InChI=1S/C16H16FNO2/c1-10-4-6-13(8-14(10)17)16(20)18-15-7-12(9-19)5-3-11(15)2/h3-8,19H,9H2,1-2H3,(H,18,20). The van der Waals surface area contributed by atoms with E-state index in [9.17, 15) is 9.18 Å². The van der Waals surface area contributed by atoms with Crippen LogP contribution in [0.4, 0.5) is 10.1 Å². The number of carbonyl (C=O) groups is 1. The van der Waals surface area contributed by atoms with E-state index >= 15 is 0 Å². The number of nitrogens with one attached hydrogen (secondary N) is 1. The summed E-state index contributed by atoms with van der Waals surface area (Å²) >= 11 is 0. The van der Waals surface area contributed by atoms with Crippen LogP contribution in [-0.4, -0.2) is 11.0 Å². The highest BCUT2D eigenvalue weighted by molar-refractivity contribution is 6.04. The van der Waals surface area contributed by atoms with Crippen molar-refractivity contribution in [2.45, 2.75) is 20.5 Å². The van der Waals surface area contributed by atoms with E-state index in [0.717, 1.165) is 5.56 Å². The molecule has 2 N–H and O–H groups in total. The van der Waals surface area contributed by atoms with Crippen molar-refractivity contribution in [3.05, 3.63) is 64.5 Å². The van der Waals surface area contributed by atoms with Crippen molar-refractivity contribution in [3.8, 4) is 0 Å². The van der Waals surface area contributed by atoms with Crippen molar-refractivity contribution in [3.63, 3.8) is 0 Å². The van der Waals surface area contributed by atoms with Crippen LogP contribution in [0.15, 0.2) is 36.4 Å². The Labute approximate surface area is 117 Å². The van der Waals surface area contributed by atoms with E-state index in [2.05, 4.69) is 5.32 Å². The number of benzene rings is 2. The van der Waals surface area contributed by atoms with Gasteiger partial charge in [0, 0.05) is 11.3 Å². The summed E-state index contributed by atoms with van der Waals surface area (Å²) in [6.45, 7) is 3.40. The van der Waals surface area contributed by atoms with Gasteiger partial charge in [-0.1, -0.05) is 18.2 Å². The second-order valence-electron chi connectivity index (χ2n) is 4.73. The van der Waals surface area contributed by atoms with E-state index in [4.69, 9.17) is 5.11 Å². The maximum Gasteiger partial charge on any atom is 0.255 e. The molecule has 1 amide bonds. The number of aliphatic hydroxyl groups excluding tert-OH is 1. The van der Waals surface area contributed by atoms with Crippen LogP contribution in [0.25, 0.3) is 0 Å². The van der Waals surface area contributed by atoms with E-state index in [-0.39, 0.29) is 18.1 Å². The minimum absolute atomic E-state index is 0.0949. The van der Waals surface area contributed by atoms with E-state index in [1.54, 1.807) is 31.2 Å². The lowest BCUT2D eigenvalue weighted by Crippen LogP contribution is -2.13. The normalized spacial score (nSPS) is 10.4. The minimum Gasteiger partial charge on any atom is -0.392 e. The number of rotatable bonds is 3. The molecule has 2 aromatic carbocycles. The van der Waals surface area contributed by atoms with Crippen LogP contribution in [0.5, 0.6) is 0 Å². The molecule has 0 aromatic heterocycles. The molecule has 0 aliphatic heterocycles. The Bertz CT molecular complexity index is 653. The lowest BCUT2D eigenvalue weighted by molar-refractivity contribution is 0.102. The molecule has 0 aliphatic carbocycles. The first-order chi connectivity index (χ1) is 9.51. The maximum atomic E-state index is 13.5. The van der Waals surface area contributed by atoms with Crippen LogP contribution < -0.4 is 5.32 Å². The Balaban J connectivity index is 2.25. The van der Waals surface area contributed by atoms with Crippen LogP contribution in [0.2, 0.25) is 0 Å². The van der Waals surface area contributed by atoms with Crippen molar-refractivity contribution in [2.75, 3.05) is 5.32 Å². The Hall–Kier alpha value is -2.20. The van der Waals surface area contributed by atoms with Crippen LogP contribution in [0.1, 0.15) is 27.0 Å². The third-order valence-electron chi connectivity index (χ3n) is 3.17.